The molecule has 0 amide bonds. The molecule has 19 heavy (non-hydrogen) atoms. The molecule has 1 aromatic carbocycles. The molecule has 1 unspecified atom stereocenters. The van der Waals surface area contributed by atoms with Crippen LogP contribution in [0.1, 0.15) is 50.4 Å². The van der Waals surface area contributed by atoms with E-state index >= 15 is 0 Å². The summed E-state index contributed by atoms with van der Waals surface area (Å²) in [7, 11) is 0. The maximum Gasteiger partial charge on any atom is 0.338 e. The van der Waals surface area contributed by atoms with Gasteiger partial charge in [-0.1, -0.05) is 27.2 Å². The average Bonchev–Trinajstić information content (AvgIpc) is 2.43. The zero-order chi connectivity index (χ0) is 14.1. The van der Waals surface area contributed by atoms with E-state index in [-0.39, 0.29) is 5.97 Å². The van der Waals surface area contributed by atoms with Crippen molar-refractivity contribution in [2.45, 2.75) is 40.0 Å². The lowest BCUT2D eigenvalue weighted by molar-refractivity contribution is 0.0505. The lowest BCUT2D eigenvalue weighted by Gasteiger charge is -2.12. The minimum absolute atomic E-state index is 0.243. The second-order valence-corrected chi connectivity index (χ2v) is 4.99. The third-order valence-electron chi connectivity index (χ3n) is 2.99. The average molecular weight is 263 g/mol. The number of esters is 1. The minimum atomic E-state index is -0.243. The van der Waals surface area contributed by atoms with E-state index in [1.807, 2.05) is 31.2 Å². The van der Waals surface area contributed by atoms with Gasteiger partial charge in [-0.05, 0) is 43.0 Å². The predicted octanol–water partition coefficient (Wildman–Crippen LogP) is 4.10. The maximum absolute atomic E-state index is 11.6. The van der Waals surface area contributed by atoms with Crippen LogP contribution in [0, 0.1) is 5.92 Å². The molecule has 0 saturated carbocycles. The van der Waals surface area contributed by atoms with Crippen molar-refractivity contribution >= 4 is 11.7 Å². The molecule has 1 N–H and O–H groups in total. The van der Waals surface area contributed by atoms with Gasteiger partial charge in [0.15, 0.2) is 0 Å². The molecule has 3 nitrogen and oxygen atoms in total. The van der Waals surface area contributed by atoms with Crippen LogP contribution in [0.4, 0.5) is 5.69 Å². The van der Waals surface area contributed by atoms with Gasteiger partial charge in [-0.3, -0.25) is 0 Å². The fourth-order valence-electron chi connectivity index (χ4n) is 1.89. The zero-order valence-electron chi connectivity index (χ0n) is 12.2. The van der Waals surface area contributed by atoms with Gasteiger partial charge in [0, 0.05) is 12.2 Å². The Morgan fingerprint density at radius 2 is 1.89 bits per heavy atom. The lowest BCUT2D eigenvalue weighted by Crippen LogP contribution is -2.11. The number of benzene rings is 1. The van der Waals surface area contributed by atoms with Gasteiger partial charge < -0.3 is 10.1 Å². The van der Waals surface area contributed by atoms with Crippen LogP contribution in [0.2, 0.25) is 0 Å². The van der Waals surface area contributed by atoms with Crippen molar-refractivity contribution in [2.75, 3.05) is 18.5 Å². The van der Waals surface area contributed by atoms with E-state index < -0.39 is 0 Å². The van der Waals surface area contributed by atoms with Gasteiger partial charge >= 0.3 is 5.97 Å². The van der Waals surface area contributed by atoms with E-state index in [2.05, 4.69) is 19.2 Å². The Morgan fingerprint density at radius 1 is 1.21 bits per heavy atom. The summed E-state index contributed by atoms with van der Waals surface area (Å²) in [6, 6.07) is 7.48. The van der Waals surface area contributed by atoms with Crippen molar-refractivity contribution in [2.24, 2.45) is 5.92 Å². The van der Waals surface area contributed by atoms with Crippen LogP contribution in [0.5, 0.6) is 0 Å². The minimum Gasteiger partial charge on any atom is -0.462 e. The van der Waals surface area contributed by atoms with Gasteiger partial charge in [0.05, 0.1) is 12.2 Å². The van der Waals surface area contributed by atoms with Crippen LogP contribution in [-0.4, -0.2) is 19.1 Å². The molecular weight excluding hydrogens is 238 g/mol. The van der Waals surface area contributed by atoms with Gasteiger partial charge in [0.1, 0.15) is 0 Å². The fraction of sp³-hybridized carbons (Fsp3) is 0.562. The number of rotatable bonds is 8. The Bertz CT molecular complexity index is 373. The summed E-state index contributed by atoms with van der Waals surface area (Å²) >= 11 is 0. The smallest absolute Gasteiger partial charge is 0.338 e. The Balaban J connectivity index is 2.45. The van der Waals surface area contributed by atoms with Crippen molar-refractivity contribution in [3.63, 3.8) is 0 Å². The number of anilines is 1. The molecule has 0 bridgehead atoms. The Labute approximate surface area is 116 Å². The van der Waals surface area contributed by atoms with E-state index in [1.54, 1.807) is 0 Å². The number of hydrogen-bond donors (Lipinski definition) is 1. The molecule has 1 atom stereocenters. The Morgan fingerprint density at radius 3 is 2.47 bits per heavy atom. The number of carbonyl (C=O) groups excluding carboxylic acids is 1. The first-order chi connectivity index (χ1) is 9.17. The van der Waals surface area contributed by atoms with Crippen LogP contribution in [0.25, 0.3) is 0 Å². The molecule has 0 radical (unpaired) electrons. The molecule has 0 aliphatic carbocycles. The molecule has 3 heteroatoms. The van der Waals surface area contributed by atoms with Crippen LogP contribution >= 0.6 is 0 Å². The van der Waals surface area contributed by atoms with Crippen molar-refractivity contribution in [1.29, 1.82) is 0 Å². The fourth-order valence-corrected chi connectivity index (χ4v) is 1.89. The highest BCUT2D eigenvalue weighted by atomic mass is 16.5. The summed E-state index contributed by atoms with van der Waals surface area (Å²) in [4.78, 5) is 11.6. The Kier molecular flexibility index (Phi) is 7.01. The number of nitrogens with one attached hydrogen (secondary N) is 1. The molecule has 0 heterocycles. The van der Waals surface area contributed by atoms with Crippen LogP contribution in [0.3, 0.4) is 0 Å². The summed E-state index contributed by atoms with van der Waals surface area (Å²) in [5.41, 5.74) is 1.66. The van der Waals surface area contributed by atoms with E-state index in [4.69, 9.17) is 4.74 Å². The first-order valence-corrected chi connectivity index (χ1v) is 7.18. The first kappa shape index (κ1) is 15.5. The molecule has 1 rings (SSSR count). The molecule has 0 spiro atoms. The van der Waals surface area contributed by atoms with Gasteiger partial charge in [-0.15, -0.1) is 0 Å². The summed E-state index contributed by atoms with van der Waals surface area (Å²) < 4.78 is 5.09. The molecule has 0 aliphatic rings. The van der Waals surface area contributed by atoms with Gasteiger partial charge in [-0.2, -0.15) is 0 Å². The van der Waals surface area contributed by atoms with E-state index in [0.29, 0.717) is 18.1 Å². The van der Waals surface area contributed by atoms with Crippen LogP contribution in [-0.2, 0) is 4.74 Å². The van der Waals surface area contributed by atoms with Crippen molar-refractivity contribution < 1.29 is 9.53 Å². The van der Waals surface area contributed by atoms with Gasteiger partial charge in [-0.25, -0.2) is 4.79 Å². The van der Waals surface area contributed by atoms with Crippen molar-refractivity contribution in [3.05, 3.63) is 29.8 Å². The SMILES string of the molecule is CCCOC(=O)c1ccc(NCC(C)CCC)cc1. The van der Waals surface area contributed by atoms with Crippen LogP contribution < -0.4 is 5.32 Å². The third-order valence-corrected chi connectivity index (χ3v) is 2.99. The molecule has 0 aromatic heterocycles. The quantitative estimate of drug-likeness (QED) is 0.717. The van der Waals surface area contributed by atoms with Gasteiger partial charge in [0.25, 0.3) is 0 Å². The van der Waals surface area contributed by atoms with Crippen molar-refractivity contribution in [1.82, 2.24) is 0 Å². The highest BCUT2D eigenvalue weighted by molar-refractivity contribution is 5.89. The second-order valence-electron chi connectivity index (χ2n) is 4.99. The zero-order valence-corrected chi connectivity index (χ0v) is 12.2. The van der Waals surface area contributed by atoms with E-state index in [9.17, 15) is 4.79 Å². The molecular formula is C16H25NO2. The highest BCUT2D eigenvalue weighted by Crippen LogP contribution is 2.12. The van der Waals surface area contributed by atoms with Crippen molar-refractivity contribution in [3.8, 4) is 0 Å². The highest BCUT2D eigenvalue weighted by Gasteiger charge is 2.06. The summed E-state index contributed by atoms with van der Waals surface area (Å²) in [5.74, 6) is 0.423. The lowest BCUT2D eigenvalue weighted by atomic mass is 10.1. The largest absolute Gasteiger partial charge is 0.462 e. The summed E-state index contributed by atoms with van der Waals surface area (Å²) in [5, 5.41) is 3.39. The number of carbonyl (C=O) groups is 1. The second kappa shape index (κ2) is 8.57. The van der Waals surface area contributed by atoms with E-state index in [0.717, 1.165) is 18.7 Å². The third kappa shape index (κ3) is 5.77. The molecule has 0 fully saturated rings. The van der Waals surface area contributed by atoms with E-state index in [1.165, 1.54) is 12.8 Å². The Hall–Kier alpha value is -1.51. The predicted molar refractivity (Wildman–Crippen MR) is 79.6 cm³/mol. The summed E-state index contributed by atoms with van der Waals surface area (Å²) in [6.45, 7) is 7.87. The molecule has 0 aliphatic heterocycles. The normalized spacial score (nSPS) is 11.9. The standard InChI is InChI=1S/C16H25NO2/c1-4-6-13(3)12-17-15-9-7-14(8-10-15)16(18)19-11-5-2/h7-10,13,17H,4-6,11-12H2,1-3H3. The maximum atomic E-state index is 11.6. The molecule has 1 aromatic rings. The first-order valence-electron chi connectivity index (χ1n) is 7.18. The number of hydrogen-bond acceptors (Lipinski definition) is 3. The monoisotopic (exact) mass is 263 g/mol. The van der Waals surface area contributed by atoms with Crippen LogP contribution in [0.15, 0.2) is 24.3 Å². The summed E-state index contributed by atoms with van der Waals surface area (Å²) in [6.07, 6.45) is 3.29. The number of ether oxygens (including phenoxy) is 1. The molecule has 0 saturated heterocycles. The topological polar surface area (TPSA) is 38.3 Å². The van der Waals surface area contributed by atoms with Gasteiger partial charge in [0.2, 0.25) is 0 Å². The molecule has 106 valence electrons.